The summed E-state index contributed by atoms with van der Waals surface area (Å²) < 4.78 is 11.1. The van der Waals surface area contributed by atoms with Crippen LogP contribution in [0.4, 0.5) is 5.69 Å². The van der Waals surface area contributed by atoms with Crippen LogP contribution in [0, 0.1) is 15.5 Å². The number of rotatable bonds is 5. The van der Waals surface area contributed by atoms with Crippen molar-refractivity contribution in [1.82, 2.24) is 0 Å². The van der Waals surface area contributed by atoms with Crippen LogP contribution in [0.2, 0.25) is 0 Å². The molecule has 0 N–H and O–H groups in total. The number of ether oxygens (including phenoxy) is 2. The molecule has 0 spiro atoms. The Labute approximate surface area is 120 Å². The first-order valence-electron chi connectivity index (χ1n) is 6.16. The number of nitrogens with zero attached hydrogens (tertiary/aromatic N) is 1. The van der Waals surface area contributed by atoms with E-state index in [2.05, 4.69) is 15.9 Å². The van der Waals surface area contributed by atoms with Crippen molar-refractivity contribution in [3.63, 3.8) is 0 Å². The SMILES string of the molecule is O=[N+]([O-])c1cccc(OCC2(CBr)CCOCC2)c1. The molecule has 1 aliphatic rings. The highest BCUT2D eigenvalue weighted by molar-refractivity contribution is 9.09. The lowest BCUT2D eigenvalue weighted by atomic mass is 9.83. The predicted octanol–water partition coefficient (Wildman–Crippen LogP) is 3.17. The first-order chi connectivity index (χ1) is 9.15. The normalized spacial score (nSPS) is 17.9. The van der Waals surface area contributed by atoms with Crippen molar-refractivity contribution in [2.24, 2.45) is 5.41 Å². The Bertz CT molecular complexity index is 446. The third kappa shape index (κ3) is 3.67. The van der Waals surface area contributed by atoms with Gasteiger partial charge in [0, 0.05) is 30.0 Å². The minimum atomic E-state index is -0.415. The Morgan fingerprint density at radius 1 is 1.42 bits per heavy atom. The third-order valence-corrected chi connectivity index (χ3v) is 4.60. The average Bonchev–Trinajstić information content (AvgIpc) is 2.46. The summed E-state index contributed by atoms with van der Waals surface area (Å²) in [6.45, 7) is 2.02. The zero-order valence-electron chi connectivity index (χ0n) is 10.5. The van der Waals surface area contributed by atoms with E-state index in [0.717, 1.165) is 31.4 Å². The number of alkyl halides is 1. The van der Waals surface area contributed by atoms with Gasteiger partial charge in [-0.1, -0.05) is 22.0 Å². The van der Waals surface area contributed by atoms with E-state index in [9.17, 15) is 10.1 Å². The molecule has 0 aromatic heterocycles. The van der Waals surface area contributed by atoms with E-state index >= 15 is 0 Å². The van der Waals surface area contributed by atoms with Gasteiger partial charge in [-0.2, -0.15) is 0 Å². The van der Waals surface area contributed by atoms with E-state index in [1.807, 2.05) is 0 Å². The molecule has 0 radical (unpaired) electrons. The monoisotopic (exact) mass is 329 g/mol. The van der Waals surface area contributed by atoms with Gasteiger partial charge in [0.25, 0.3) is 5.69 Å². The van der Waals surface area contributed by atoms with Gasteiger partial charge in [-0.3, -0.25) is 10.1 Å². The van der Waals surface area contributed by atoms with Gasteiger partial charge in [-0.15, -0.1) is 0 Å². The summed E-state index contributed by atoms with van der Waals surface area (Å²) in [4.78, 5) is 10.3. The molecule has 1 aromatic rings. The molecule has 1 aromatic carbocycles. The maximum absolute atomic E-state index is 10.7. The predicted molar refractivity (Wildman–Crippen MR) is 74.9 cm³/mol. The second-order valence-corrected chi connectivity index (χ2v) is 5.35. The van der Waals surface area contributed by atoms with Crippen molar-refractivity contribution in [1.29, 1.82) is 0 Å². The molecule has 6 heteroatoms. The number of hydrogen-bond acceptors (Lipinski definition) is 4. The molecule has 0 atom stereocenters. The number of hydrogen-bond donors (Lipinski definition) is 0. The summed E-state index contributed by atoms with van der Waals surface area (Å²) in [6, 6.07) is 6.30. The number of benzene rings is 1. The van der Waals surface area contributed by atoms with Crippen LogP contribution in [0.25, 0.3) is 0 Å². The van der Waals surface area contributed by atoms with Gasteiger partial charge in [0.15, 0.2) is 0 Å². The Balaban J connectivity index is 2.00. The fourth-order valence-corrected chi connectivity index (χ4v) is 2.77. The summed E-state index contributed by atoms with van der Waals surface area (Å²) in [7, 11) is 0. The summed E-state index contributed by atoms with van der Waals surface area (Å²) in [6.07, 6.45) is 1.88. The highest BCUT2D eigenvalue weighted by atomic mass is 79.9. The Kier molecular flexibility index (Phi) is 4.76. The first-order valence-corrected chi connectivity index (χ1v) is 7.28. The van der Waals surface area contributed by atoms with E-state index in [0.29, 0.717) is 12.4 Å². The minimum absolute atomic E-state index is 0.0531. The second kappa shape index (κ2) is 6.34. The molecule has 1 fully saturated rings. The van der Waals surface area contributed by atoms with E-state index in [1.54, 1.807) is 12.1 Å². The Morgan fingerprint density at radius 3 is 2.79 bits per heavy atom. The molecule has 0 saturated carbocycles. The van der Waals surface area contributed by atoms with Gasteiger partial charge in [-0.25, -0.2) is 0 Å². The van der Waals surface area contributed by atoms with Crippen LogP contribution in [-0.4, -0.2) is 30.1 Å². The third-order valence-electron chi connectivity index (χ3n) is 3.41. The topological polar surface area (TPSA) is 61.6 Å². The van der Waals surface area contributed by atoms with Gasteiger partial charge in [0.1, 0.15) is 5.75 Å². The molecule has 19 heavy (non-hydrogen) atoms. The quantitative estimate of drug-likeness (QED) is 0.473. The fourth-order valence-electron chi connectivity index (χ4n) is 2.04. The lowest BCUT2D eigenvalue weighted by Gasteiger charge is -2.35. The summed E-state index contributed by atoms with van der Waals surface area (Å²) in [5.41, 5.74) is 0.112. The largest absolute Gasteiger partial charge is 0.493 e. The van der Waals surface area contributed by atoms with E-state index in [1.165, 1.54) is 12.1 Å². The van der Waals surface area contributed by atoms with Gasteiger partial charge in [0.2, 0.25) is 0 Å². The van der Waals surface area contributed by atoms with Crippen LogP contribution in [0.3, 0.4) is 0 Å². The van der Waals surface area contributed by atoms with Crippen molar-refractivity contribution in [2.45, 2.75) is 12.8 Å². The van der Waals surface area contributed by atoms with Gasteiger partial charge >= 0.3 is 0 Å². The molecule has 5 nitrogen and oxygen atoms in total. The van der Waals surface area contributed by atoms with Crippen LogP contribution in [0.5, 0.6) is 5.75 Å². The van der Waals surface area contributed by atoms with E-state index < -0.39 is 4.92 Å². The molecule has 1 saturated heterocycles. The molecule has 0 unspecified atom stereocenters. The van der Waals surface area contributed by atoms with Crippen molar-refractivity contribution in [2.75, 3.05) is 25.2 Å². The van der Waals surface area contributed by atoms with Gasteiger partial charge in [0.05, 0.1) is 17.6 Å². The van der Waals surface area contributed by atoms with Crippen LogP contribution in [0.1, 0.15) is 12.8 Å². The zero-order chi connectivity index (χ0) is 13.7. The van der Waals surface area contributed by atoms with Crippen LogP contribution in [-0.2, 0) is 4.74 Å². The van der Waals surface area contributed by atoms with Gasteiger partial charge in [-0.05, 0) is 18.9 Å². The lowest BCUT2D eigenvalue weighted by Crippen LogP contribution is -2.36. The zero-order valence-corrected chi connectivity index (χ0v) is 12.1. The number of halogens is 1. The van der Waals surface area contributed by atoms with Crippen LogP contribution in [0.15, 0.2) is 24.3 Å². The molecule has 0 aliphatic carbocycles. The lowest BCUT2D eigenvalue weighted by molar-refractivity contribution is -0.384. The smallest absolute Gasteiger partial charge is 0.273 e. The minimum Gasteiger partial charge on any atom is -0.493 e. The summed E-state index contributed by atoms with van der Waals surface area (Å²) in [5, 5.41) is 11.5. The Morgan fingerprint density at radius 2 is 2.16 bits per heavy atom. The standard InChI is InChI=1S/C13H16BrNO4/c14-9-13(4-6-18-7-5-13)10-19-12-3-1-2-11(8-12)15(16)17/h1-3,8H,4-7,9-10H2. The van der Waals surface area contributed by atoms with Crippen molar-refractivity contribution >= 4 is 21.6 Å². The molecular weight excluding hydrogens is 314 g/mol. The highest BCUT2D eigenvalue weighted by Gasteiger charge is 2.32. The summed E-state index contributed by atoms with van der Waals surface area (Å²) in [5.74, 6) is 0.543. The molecular formula is C13H16BrNO4. The van der Waals surface area contributed by atoms with Crippen molar-refractivity contribution < 1.29 is 14.4 Å². The average molecular weight is 330 g/mol. The molecule has 1 heterocycles. The summed E-state index contributed by atoms with van der Waals surface area (Å²) >= 11 is 3.54. The number of nitro groups is 1. The van der Waals surface area contributed by atoms with Crippen molar-refractivity contribution in [3.8, 4) is 5.75 Å². The van der Waals surface area contributed by atoms with Gasteiger partial charge < -0.3 is 9.47 Å². The van der Waals surface area contributed by atoms with Crippen molar-refractivity contribution in [3.05, 3.63) is 34.4 Å². The van der Waals surface area contributed by atoms with E-state index in [-0.39, 0.29) is 11.1 Å². The Hall–Kier alpha value is -1.14. The first kappa shape index (κ1) is 14.3. The highest BCUT2D eigenvalue weighted by Crippen LogP contribution is 2.33. The molecule has 1 aliphatic heterocycles. The van der Waals surface area contributed by atoms with Crippen LogP contribution < -0.4 is 4.74 Å². The molecule has 0 bridgehead atoms. The fraction of sp³-hybridized carbons (Fsp3) is 0.538. The molecule has 2 rings (SSSR count). The van der Waals surface area contributed by atoms with Crippen LogP contribution >= 0.6 is 15.9 Å². The maximum atomic E-state index is 10.7. The maximum Gasteiger partial charge on any atom is 0.273 e. The molecule has 104 valence electrons. The van der Waals surface area contributed by atoms with E-state index in [4.69, 9.17) is 9.47 Å². The number of nitro benzene ring substituents is 1. The number of non-ortho nitro benzene ring substituents is 1. The second-order valence-electron chi connectivity index (χ2n) is 4.79. The molecule has 0 amide bonds.